The Morgan fingerprint density at radius 3 is 1.19 bits per heavy atom. The number of hydrogen-bond donors (Lipinski definition) is 0. The van der Waals surface area contributed by atoms with E-state index in [-0.39, 0.29) is 63.6 Å². The van der Waals surface area contributed by atoms with Crippen molar-refractivity contribution in [2.75, 3.05) is 75.6 Å². The van der Waals surface area contributed by atoms with Crippen LogP contribution < -0.4 is 9.80 Å². The van der Waals surface area contributed by atoms with Crippen LogP contribution in [0.2, 0.25) is 0 Å². The topological polar surface area (TPSA) is 212 Å². The maximum Gasteiger partial charge on any atom is 0.349 e. The van der Waals surface area contributed by atoms with Gasteiger partial charge in [0.2, 0.25) is 0 Å². The zero-order valence-corrected chi connectivity index (χ0v) is 37.1. The molecule has 0 heterocycles. The van der Waals surface area contributed by atoms with Gasteiger partial charge >= 0.3 is 35.8 Å². The number of hydrogen-bond acceptors (Lipinski definition) is 16. The van der Waals surface area contributed by atoms with Gasteiger partial charge in [0.15, 0.2) is 0 Å². The van der Waals surface area contributed by atoms with Crippen LogP contribution in [0.4, 0.5) is 11.4 Å². The average Bonchev–Trinajstić information content (AvgIpc) is 3.29. The van der Waals surface area contributed by atoms with Crippen LogP contribution in [0.15, 0.2) is 85.0 Å². The molecular formula is C48H58N4O12. The summed E-state index contributed by atoms with van der Waals surface area (Å²) in [6, 6.07) is 18.0. The number of anilines is 2. The van der Waals surface area contributed by atoms with Gasteiger partial charge in [-0.15, -0.1) is 0 Å². The summed E-state index contributed by atoms with van der Waals surface area (Å²) in [6.07, 6.45) is 6.20. The normalized spacial score (nSPS) is 11.1. The van der Waals surface area contributed by atoms with Gasteiger partial charge in [0, 0.05) is 36.6 Å². The Labute approximate surface area is 375 Å². The molecule has 0 fully saturated rings. The predicted molar refractivity (Wildman–Crippen MR) is 239 cm³/mol. The molecule has 0 aliphatic heterocycles. The van der Waals surface area contributed by atoms with Crippen LogP contribution in [0.1, 0.15) is 64.5 Å². The first-order valence-corrected chi connectivity index (χ1v) is 20.9. The summed E-state index contributed by atoms with van der Waals surface area (Å²) in [5.41, 5.74) is 2.40. The Kier molecular flexibility index (Phi) is 24.8. The van der Waals surface area contributed by atoms with Crippen LogP contribution in [-0.4, -0.2) is 102 Å². The standard InChI is InChI=1S/C48H58N4O12/c1-7-43(53)61-27-29-63-47(57)39(33-49)31-37-9-13-41(14-10-37)51(21-19-35(3)4)23-25-59-45(55)17-18-46(56)60-26-24-52(22-20-36(5)6)42-15-11-38(12-16-42)32-40(34-50)48(58)64-30-28-62-44(54)8-2/h7-16,31-32,35-36H,1-2,17-30H2,3-6H3. The van der Waals surface area contributed by atoms with E-state index < -0.39 is 35.8 Å². The second-order valence-electron chi connectivity index (χ2n) is 14.8. The van der Waals surface area contributed by atoms with Crippen LogP contribution in [0.5, 0.6) is 0 Å². The van der Waals surface area contributed by atoms with Crippen molar-refractivity contribution >= 4 is 59.3 Å². The van der Waals surface area contributed by atoms with Gasteiger partial charge in [-0.1, -0.05) is 65.1 Å². The second kappa shape index (κ2) is 29.9. The van der Waals surface area contributed by atoms with Crippen molar-refractivity contribution in [1.29, 1.82) is 10.5 Å². The van der Waals surface area contributed by atoms with E-state index in [0.29, 0.717) is 49.1 Å². The Morgan fingerprint density at radius 1 is 0.531 bits per heavy atom. The Bertz CT molecular complexity index is 1880. The molecule has 0 atom stereocenters. The van der Waals surface area contributed by atoms with E-state index in [1.54, 1.807) is 24.3 Å². The fraction of sp³-hybridized carbons (Fsp3) is 0.417. The van der Waals surface area contributed by atoms with Gasteiger partial charge in [-0.3, -0.25) is 9.59 Å². The fourth-order valence-electron chi connectivity index (χ4n) is 5.45. The molecule has 16 nitrogen and oxygen atoms in total. The fourth-order valence-corrected chi connectivity index (χ4v) is 5.45. The summed E-state index contributed by atoms with van der Waals surface area (Å²) in [5.74, 6) is -3.27. The molecule has 0 aromatic heterocycles. The third-order valence-electron chi connectivity index (χ3n) is 9.01. The molecule has 0 radical (unpaired) electrons. The van der Waals surface area contributed by atoms with Crippen molar-refractivity contribution in [3.63, 3.8) is 0 Å². The minimum Gasteiger partial charge on any atom is -0.464 e. The molecule has 64 heavy (non-hydrogen) atoms. The molecule has 0 aliphatic rings. The molecule has 2 aromatic carbocycles. The van der Waals surface area contributed by atoms with E-state index >= 15 is 0 Å². The lowest BCUT2D eigenvalue weighted by Crippen LogP contribution is -2.30. The summed E-state index contributed by atoms with van der Waals surface area (Å²) in [7, 11) is 0. The van der Waals surface area contributed by atoms with Crippen molar-refractivity contribution in [2.24, 2.45) is 11.8 Å². The summed E-state index contributed by atoms with van der Waals surface area (Å²) in [4.78, 5) is 76.4. The van der Waals surface area contributed by atoms with Crippen molar-refractivity contribution < 1.29 is 57.2 Å². The van der Waals surface area contributed by atoms with Crippen molar-refractivity contribution in [2.45, 2.75) is 53.4 Å². The first-order chi connectivity index (χ1) is 30.7. The summed E-state index contributed by atoms with van der Waals surface area (Å²) in [5, 5.41) is 19.0. The predicted octanol–water partition coefficient (Wildman–Crippen LogP) is 6.32. The van der Waals surface area contributed by atoms with E-state index in [1.165, 1.54) is 12.2 Å². The molecule has 0 aliphatic carbocycles. The van der Waals surface area contributed by atoms with Crippen molar-refractivity contribution in [3.8, 4) is 12.1 Å². The van der Waals surface area contributed by atoms with Gasteiger partial charge in [0.05, 0.1) is 25.9 Å². The van der Waals surface area contributed by atoms with Gasteiger partial charge < -0.3 is 38.2 Å². The molecule has 0 bridgehead atoms. The zero-order valence-electron chi connectivity index (χ0n) is 37.1. The maximum absolute atomic E-state index is 12.6. The molecule has 0 unspecified atom stereocenters. The van der Waals surface area contributed by atoms with Gasteiger partial charge in [-0.25, -0.2) is 19.2 Å². The number of rotatable bonds is 29. The highest BCUT2D eigenvalue weighted by Gasteiger charge is 2.16. The molecule has 342 valence electrons. The minimum atomic E-state index is -0.852. The summed E-state index contributed by atoms with van der Waals surface area (Å²) in [6.45, 7) is 16.5. The minimum absolute atomic E-state index is 0.0798. The van der Waals surface area contributed by atoms with Gasteiger partial charge in [0.1, 0.15) is 62.9 Å². The number of carbonyl (C=O) groups excluding carboxylic acids is 6. The monoisotopic (exact) mass is 882 g/mol. The highest BCUT2D eigenvalue weighted by Crippen LogP contribution is 2.21. The number of ether oxygens (including phenoxy) is 6. The molecule has 16 heteroatoms. The smallest absolute Gasteiger partial charge is 0.349 e. The van der Waals surface area contributed by atoms with Crippen LogP contribution in [0.25, 0.3) is 12.2 Å². The van der Waals surface area contributed by atoms with Gasteiger partial charge in [0.25, 0.3) is 0 Å². The van der Waals surface area contributed by atoms with Crippen LogP contribution in [-0.2, 0) is 57.2 Å². The SMILES string of the molecule is C=CC(=O)OCCOC(=O)C(C#N)=Cc1ccc(N(CCOC(=O)CCC(=O)OCCN(CCC(C)C)c2ccc(C=C(C#N)C(=O)OCCOC(=O)C=C)cc2)CCC(C)C)cc1. The lowest BCUT2D eigenvalue weighted by atomic mass is 10.1. The van der Waals surface area contributed by atoms with E-state index in [0.717, 1.165) is 36.4 Å². The maximum atomic E-state index is 12.6. The second-order valence-corrected chi connectivity index (χ2v) is 14.8. The molecule has 0 saturated heterocycles. The number of nitriles is 2. The lowest BCUT2D eigenvalue weighted by Gasteiger charge is -2.26. The van der Waals surface area contributed by atoms with E-state index in [9.17, 15) is 39.3 Å². The highest BCUT2D eigenvalue weighted by molar-refractivity contribution is 5.98. The average molecular weight is 883 g/mol. The number of nitrogens with zero attached hydrogens (tertiary/aromatic N) is 4. The number of carbonyl (C=O) groups is 6. The van der Waals surface area contributed by atoms with E-state index in [1.807, 2.05) is 36.4 Å². The molecule has 2 rings (SSSR count). The Hall–Kier alpha value is -7.20. The largest absolute Gasteiger partial charge is 0.464 e. The molecular weight excluding hydrogens is 825 g/mol. The van der Waals surface area contributed by atoms with Crippen LogP contribution in [0, 0.1) is 34.5 Å². The Morgan fingerprint density at radius 2 is 0.875 bits per heavy atom. The molecule has 0 saturated carbocycles. The number of esters is 6. The van der Waals surface area contributed by atoms with Gasteiger partial charge in [-0.05, 0) is 72.2 Å². The van der Waals surface area contributed by atoms with Crippen LogP contribution in [0.3, 0.4) is 0 Å². The van der Waals surface area contributed by atoms with E-state index in [4.69, 9.17) is 28.4 Å². The quantitative estimate of drug-likeness (QED) is 0.0288. The molecule has 2 aromatic rings. The van der Waals surface area contributed by atoms with E-state index in [2.05, 4.69) is 50.7 Å². The van der Waals surface area contributed by atoms with Crippen LogP contribution >= 0.6 is 0 Å². The third-order valence-corrected chi connectivity index (χ3v) is 9.01. The zero-order chi connectivity index (χ0) is 47.3. The molecule has 0 spiro atoms. The third kappa shape index (κ3) is 21.5. The van der Waals surface area contributed by atoms with Crippen molar-refractivity contribution in [1.82, 2.24) is 0 Å². The van der Waals surface area contributed by atoms with Gasteiger partial charge in [-0.2, -0.15) is 10.5 Å². The first kappa shape index (κ1) is 52.9. The Balaban J connectivity index is 1.90. The molecule has 0 amide bonds. The molecule has 0 N–H and O–H groups in total. The summed E-state index contributed by atoms with van der Waals surface area (Å²) >= 11 is 0. The highest BCUT2D eigenvalue weighted by atomic mass is 16.6. The van der Waals surface area contributed by atoms with Crippen molar-refractivity contribution in [3.05, 3.63) is 96.1 Å². The number of benzene rings is 2. The first-order valence-electron chi connectivity index (χ1n) is 20.9. The summed E-state index contributed by atoms with van der Waals surface area (Å²) < 4.78 is 30.5. The lowest BCUT2D eigenvalue weighted by molar-refractivity contribution is -0.150.